The van der Waals surface area contributed by atoms with Crippen LogP contribution in [0.4, 0.5) is 5.69 Å². The van der Waals surface area contributed by atoms with Gasteiger partial charge in [0.1, 0.15) is 5.75 Å². The van der Waals surface area contributed by atoms with E-state index in [-0.39, 0.29) is 5.75 Å². The van der Waals surface area contributed by atoms with Crippen LogP contribution in [0.5, 0.6) is 5.75 Å². The minimum absolute atomic E-state index is 0.115. The third-order valence-electron chi connectivity index (χ3n) is 4.01. The molecule has 3 aromatic carbocycles. The molecule has 126 valence electrons. The SMILES string of the molecule is Nc1ccccc1-c1nc(-c2ccccc2)nc(-c2ccccc2O)n1. The van der Waals surface area contributed by atoms with Gasteiger partial charge in [-0.15, -0.1) is 0 Å². The second kappa shape index (κ2) is 6.64. The van der Waals surface area contributed by atoms with Crippen molar-refractivity contribution in [2.45, 2.75) is 0 Å². The molecule has 0 unspecified atom stereocenters. The third-order valence-corrected chi connectivity index (χ3v) is 4.01. The molecular weight excluding hydrogens is 324 g/mol. The number of nitrogens with two attached hydrogens (primary N) is 1. The Kier molecular flexibility index (Phi) is 4.03. The van der Waals surface area contributed by atoms with Gasteiger partial charge in [-0.3, -0.25) is 0 Å². The number of phenols is 1. The van der Waals surface area contributed by atoms with Crippen molar-refractivity contribution in [2.75, 3.05) is 5.73 Å². The van der Waals surface area contributed by atoms with E-state index in [1.165, 1.54) is 0 Å². The zero-order valence-corrected chi connectivity index (χ0v) is 13.9. The molecule has 1 heterocycles. The van der Waals surface area contributed by atoms with Gasteiger partial charge in [-0.1, -0.05) is 54.6 Å². The number of nitrogens with zero attached hydrogens (tertiary/aromatic N) is 3. The number of rotatable bonds is 3. The summed E-state index contributed by atoms with van der Waals surface area (Å²) >= 11 is 0. The molecule has 0 saturated carbocycles. The van der Waals surface area contributed by atoms with Crippen LogP contribution in [0, 0.1) is 0 Å². The van der Waals surface area contributed by atoms with Gasteiger partial charge < -0.3 is 10.8 Å². The number of anilines is 1. The summed E-state index contributed by atoms with van der Waals surface area (Å²) in [4.78, 5) is 13.7. The third kappa shape index (κ3) is 2.98. The highest BCUT2D eigenvalue weighted by Gasteiger charge is 2.15. The molecule has 0 atom stereocenters. The number of aromatic nitrogens is 3. The first-order valence-corrected chi connectivity index (χ1v) is 8.17. The molecule has 0 aliphatic heterocycles. The van der Waals surface area contributed by atoms with Crippen LogP contribution in [0.25, 0.3) is 34.2 Å². The summed E-state index contributed by atoms with van der Waals surface area (Å²) in [5.41, 5.74) is 8.83. The van der Waals surface area contributed by atoms with Crippen molar-refractivity contribution in [3.63, 3.8) is 0 Å². The Bertz CT molecular complexity index is 1000. The number of benzene rings is 3. The fourth-order valence-electron chi connectivity index (χ4n) is 2.70. The molecule has 4 rings (SSSR count). The molecule has 0 amide bonds. The van der Waals surface area contributed by atoms with E-state index in [4.69, 9.17) is 5.73 Å². The zero-order chi connectivity index (χ0) is 17.9. The van der Waals surface area contributed by atoms with Crippen molar-refractivity contribution < 1.29 is 5.11 Å². The van der Waals surface area contributed by atoms with Crippen LogP contribution in [0.2, 0.25) is 0 Å². The molecule has 0 fully saturated rings. The van der Waals surface area contributed by atoms with E-state index in [0.29, 0.717) is 28.7 Å². The molecule has 5 heteroatoms. The maximum atomic E-state index is 10.2. The number of hydrogen-bond donors (Lipinski definition) is 2. The van der Waals surface area contributed by atoms with Gasteiger partial charge in [-0.05, 0) is 24.3 Å². The molecule has 0 saturated heterocycles. The van der Waals surface area contributed by atoms with Crippen LogP contribution in [-0.2, 0) is 0 Å². The van der Waals surface area contributed by atoms with E-state index in [1.807, 2.05) is 54.6 Å². The van der Waals surface area contributed by atoms with Gasteiger partial charge in [0.25, 0.3) is 0 Å². The highest BCUT2D eigenvalue weighted by atomic mass is 16.3. The molecule has 4 aromatic rings. The summed E-state index contributed by atoms with van der Waals surface area (Å²) in [6.45, 7) is 0. The van der Waals surface area contributed by atoms with Crippen molar-refractivity contribution in [1.29, 1.82) is 0 Å². The fraction of sp³-hybridized carbons (Fsp3) is 0. The van der Waals surface area contributed by atoms with Crippen LogP contribution >= 0.6 is 0 Å². The van der Waals surface area contributed by atoms with Crippen LogP contribution < -0.4 is 5.73 Å². The van der Waals surface area contributed by atoms with E-state index >= 15 is 0 Å². The average Bonchev–Trinajstić information content (AvgIpc) is 2.69. The van der Waals surface area contributed by atoms with Gasteiger partial charge >= 0.3 is 0 Å². The first kappa shape index (κ1) is 15.8. The lowest BCUT2D eigenvalue weighted by atomic mass is 10.1. The molecule has 26 heavy (non-hydrogen) atoms. The smallest absolute Gasteiger partial charge is 0.167 e. The second-order valence-corrected chi connectivity index (χ2v) is 5.78. The average molecular weight is 340 g/mol. The van der Waals surface area contributed by atoms with Gasteiger partial charge in [-0.2, -0.15) is 0 Å². The molecule has 3 N–H and O–H groups in total. The van der Waals surface area contributed by atoms with Crippen molar-refractivity contribution in [2.24, 2.45) is 0 Å². The molecule has 0 aliphatic carbocycles. The zero-order valence-electron chi connectivity index (χ0n) is 13.9. The minimum atomic E-state index is 0.115. The number of hydrogen-bond acceptors (Lipinski definition) is 5. The van der Waals surface area contributed by atoms with Crippen LogP contribution in [0.3, 0.4) is 0 Å². The van der Waals surface area contributed by atoms with Crippen molar-refractivity contribution >= 4 is 5.69 Å². The summed E-state index contributed by atoms with van der Waals surface area (Å²) in [5.74, 6) is 1.51. The molecule has 0 aliphatic rings. The van der Waals surface area contributed by atoms with Crippen molar-refractivity contribution in [1.82, 2.24) is 15.0 Å². The molecule has 5 nitrogen and oxygen atoms in total. The Morgan fingerprint density at radius 2 is 1.12 bits per heavy atom. The molecule has 0 radical (unpaired) electrons. The predicted molar refractivity (Wildman–Crippen MR) is 102 cm³/mol. The molecule has 0 bridgehead atoms. The summed E-state index contributed by atoms with van der Waals surface area (Å²) < 4.78 is 0. The largest absolute Gasteiger partial charge is 0.507 e. The highest BCUT2D eigenvalue weighted by Crippen LogP contribution is 2.30. The van der Waals surface area contributed by atoms with Gasteiger partial charge in [0.15, 0.2) is 17.5 Å². The second-order valence-electron chi connectivity index (χ2n) is 5.78. The Hall–Kier alpha value is -3.73. The maximum absolute atomic E-state index is 10.2. The Balaban J connectivity index is 1.97. The predicted octanol–water partition coefficient (Wildman–Crippen LogP) is 4.16. The van der Waals surface area contributed by atoms with Crippen LogP contribution in [0.1, 0.15) is 0 Å². The van der Waals surface area contributed by atoms with Gasteiger partial charge in [0, 0.05) is 16.8 Å². The first-order chi connectivity index (χ1) is 12.7. The standard InChI is InChI=1S/C21H16N4O/c22-17-12-6-4-10-15(17)20-23-19(14-8-2-1-3-9-14)24-21(25-20)16-11-5-7-13-18(16)26/h1-13,26H,22H2. The summed E-state index contributed by atoms with van der Waals surface area (Å²) in [6.07, 6.45) is 0. The molecule has 0 spiro atoms. The van der Waals surface area contributed by atoms with Crippen molar-refractivity contribution in [3.8, 4) is 39.9 Å². The minimum Gasteiger partial charge on any atom is -0.507 e. The van der Waals surface area contributed by atoms with E-state index in [9.17, 15) is 5.11 Å². The van der Waals surface area contributed by atoms with Crippen molar-refractivity contribution in [3.05, 3.63) is 78.9 Å². The lowest BCUT2D eigenvalue weighted by Gasteiger charge is -2.10. The van der Waals surface area contributed by atoms with Crippen LogP contribution in [0.15, 0.2) is 78.9 Å². The normalized spacial score (nSPS) is 10.6. The molecular formula is C21H16N4O. The lowest BCUT2D eigenvalue weighted by Crippen LogP contribution is -2.01. The summed E-state index contributed by atoms with van der Waals surface area (Å²) in [5, 5.41) is 10.2. The number of aromatic hydroxyl groups is 1. The number of para-hydroxylation sites is 2. The first-order valence-electron chi connectivity index (χ1n) is 8.17. The van der Waals surface area contributed by atoms with E-state index in [0.717, 1.165) is 11.1 Å². The molecule has 1 aromatic heterocycles. The lowest BCUT2D eigenvalue weighted by molar-refractivity contribution is 0.477. The fourth-order valence-corrected chi connectivity index (χ4v) is 2.70. The van der Waals surface area contributed by atoms with Gasteiger partial charge in [-0.25, -0.2) is 15.0 Å². The van der Waals surface area contributed by atoms with Gasteiger partial charge in [0.2, 0.25) is 0 Å². The maximum Gasteiger partial charge on any atom is 0.167 e. The summed E-state index contributed by atoms with van der Waals surface area (Å²) in [6, 6.07) is 24.1. The van der Waals surface area contributed by atoms with E-state index in [1.54, 1.807) is 24.3 Å². The summed E-state index contributed by atoms with van der Waals surface area (Å²) in [7, 11) is 0. The Morgan fingerprint density at radius 1 is 0.577 bits per heavy atom. The monoisotopic (exact) mass is 340 g/mol. The van der Waals surface area contributed by atoms with Gasteiger partial charge in [0.05, 0.1) is 5.56 Å². The Morgan fingerprint density at radius 3 is 1.81 bits per heavy atom. The van der Waals surface area contributed by atoms with E-state index < -0.39 is 0 Å². The number of phenolic OH excluding ortho intramolecular Hbond substituents is 1. The Labute approximate surface area is 150 Å². The topological polar surface area (TPSA) is 84.9 Å². The number of nitrogen functional groups attached to an aromatic ring is 1. The highest BCUT2D eigenvalue weighted by molar-refractivity contribution is 5.75. The van der Waals surface area contributed by atoms with Crippen LogP contribution in [-0.4, -0.2) is 20.1 Å². The quantitative estimate of drug-likeness (QED) is 0.547. The van der Waals surface area contributed by atoms with E-state index in [2.05, 4.69) is 15.0 Å².